The van der Waals surface area contributed by atoms with E-state index in [1.54, 1.807) is 24.3 Å². The first-order valence-electron chi connectivity index (χ1n) is 6.39. The van der Waals surface area contributed by atoms with Crippen molar-refractivity contribution in [1.29, 1.82) is 0 Å². The molecule has 2 rings (SSSR count). The Morgan fingerprint density at radius 2 is 1.95 bits per heavy atom. The number of thioether (sulfide) groups is 1. The zero-order valence-electron chi connectivity index (χ0n) is 11.7. The van der Waals surface area contributed by atoms with Crippen LogP contribution in [0.1, 0.15) is 5.56 Å². The highest BCUT2D eigenvalue weighted by molar-refractivity contribution is 8.00. The number of non-ortho nitro benzene ring substituents is 1. The molecule has 0 aliphatic heterocycles. The number of anilines is 1. The fourth-order valence-corrected chi connectivity index (χ4v) is 2.70. The first kappa shape index (κ1) is 16.3. The Morgan fingerprint density at radius 1 is 1.27 bits per heavy atom. The maximum atomic E-state index is 11.9. The third-order valence-electron chi connectivity index (χ3n) is 2.82. The van der Waals surface area contributed by atoms with Gasteiger partial charge in [0.1, 0.15) is 0 Å². The van der Waals surface area contributed by atoms with E-state index in [2.05, 4.69) is 5.32 Å². The lowest BCUT2D eigenvalue weighted by atomic mass is 10.2. The van der Waals surface area contributed by atoms with Crippen molar-refractivity contribution in [2.45, 2.75) is 11.8 Å². The van der Waals surface area contributed by atoms with Crippen LogP contribution in [0, 0.1) is 17.0 Å². The van der Waals surface area contributed by atoms with Crippen LogP contribution in [-0.2, 0) is 4.79 Å². The molecule has 0 aliphatic rings. The monoisotopic (exact) mass is 336 g/mol. The summed E-state index contributed by atoms with van der Waals surface area (Å²) in [6.45, 7) is 1.92. The molecule has 0 aliphatic carbocycles. The summed E-state index contributed by atoms with van der Waals surface area (Å²) in [5, 5.41) is 13.8. The highest BCUT2D eigenvalue weighted by atomic mass is 35.5. The van der Waals surface area contributed by atoms with Crippen LogP contribution in [0.25, 0.3) is 0 Å². The number of nitro benzene ring substituents is 1. The molecule has 114 valence electrons. The molecule has 0 saturated carbocycles. The average molecular weight is 337 g/mol. The number of nitrogens with one attached hydrogen (secondary N) is 1. The number of aryl methyl sites for hydroxylation is 1. The number of hydrogen-bond donors (Lipinski definition) is 1. The van der Waals surface area contributed by atoms with Gasteiger partial charge in [0.15, 0.2) is 0 Å². The van der Waals surface area contributed by atoms with E-state index in [-0.39, 0.29) is 17.3 Å². The van der Waals surface area contributed by atoms with E-state index >= 15 is 0 Å². The van der Waals surface area contributed by atoms with Gasteiger partial charge in [-0.15, -0.1) is 11.8 Å². The largest absolute Gasteiger partial charge is 0.324 e. The molecule has 0 aromatic heterocycles. The molecule has 0 unspecified atom stereocenters. The molecule has 1 N–H and O–H groups in total. The van der Waals surface area contributed by atoms with Crippen LogP contribution in [0.15, 0.2) is 47.4 Å². The number of benzene rings is 2. The van der Waals surface area contributed by atoms with Crippen molar-refractivity contribution in [3.05, 3.63) is 63.2 Å². The summed E-state index contributed by atoms with van der Waals surface area (Å²) < 4.78 is 0. The van der Waals surface area contributed by atoms with E-state index in [1.807, 2.05) is 13.0 Å². The zero-order valence-corrected chi connectivity index (χ0v) is 13.3. The number of carbonyl (C=O) groups excluding carboxylic acids is 1. The van der Waals surface area contributed by atoms with Gasteiger partial charge in [0.25, 0.3) is 5.69 Å². The number of nitro groups is 1. The van der Waals surface area contributed by atoms with Crippen LogP contribution in [0.4, 0.5) is 11.4 Å². The minimum absolute atomic E-state index is 0.0280. The van der Waals surface area contributed by atoms with Gasteiger partial charge in [-0.2, -0.15) is 0 Å². The molecular weight excluding hydrogens is 324 g/mol. The van der Waals surface area contributed by atoms with E-state index in [1.165, 1.54) is 23.9 Å². The van der Waals surface area contributed by atoms with Crippen LogP contribution < -0.4 is 5.32 Å². The number of rotatable bonds is 5. The van der Waals surface area contributed by atoms with E-state index in [4.69, 9.17) is 11.6 Å². The van der Waals surface area contributed by atoms with Crippen molar-refractivity contribution in [1.82, 2.24) is 0 Å². The average Bonchev–Trinajstić information content (AvgIpc) is 2.48. The van der Waals surface area contributed by atoms with Gasteiger partial charge in [0.05, 0.1) is 21.4 Å². The fraction of sp³-hybridized carbons (Fsp3) is 0.133. The van der Waals surface area contributed by atoms with Crippen molar-refractivity contribution >= 4 is 40.6 Å². The third kappa shape index (κ3) is 4.47. The van der Waals surface area contributed by atoms with Gasteiger partial charge in [-0.25, -0.2) is 0 Å². The highest BCUT2D eigenvalue weighted by Crippen LogP contribution is 2.24. The number of halogens is 1. The molecule has 0 fully saturated rings. The van der Waals surface area contributed by atoms with E-state index in [0.29, 0.717) is 10.7 Å². The van der Waals surface area contributed by atoms with E-state index < -0.39 is 4.92 Å². The van der Waals surface area contributed by atoms with Crippen LogP contribution in [0.3, 0.4) is 0 Å². The topological polar surface area (TPSA) is 72.2 Å². The smallest absolute Gasteiger partial charge is 0.269 e. The Morgan fingerprint density at radius 3 is 2.55 bits per heavy atom. The van der Waals surface area contributed by atoms with Crippen LogP contribution in [0.2, 0.25) is 5.02 Å². The quantitative estimate of drug-likeness (QED) is 0.502. The summed E-state index contributed by atoms with van der Waals surface area (Å²) in [5.74, 6) is 0.0104. The predicted octanol–water partition coefficient (Wildman–Crippen LogP) is 4.29. The van der Waals surface area contributed by atoms with Gasteiger partial charge in [-0.3, -0.25) is 14.9 Å². The van der Waals surface area contributed by atoms with E-state index in [9.17, 15) is 14.9 Å². The minimum atomic E-state index is -0.458. The number of hydrogen-bond acceptors (Lipinski definition) is 4. The Balaban J connectivity index is 1.91. The van der Waals surface area contributed by atoms with Gasteiger partial charge in [-0.05, 0) is 36.8 Å². The second kappa shape index (κ2) is 7.29. The van der Waals surface area contributed by atoms with Gasteiger partial charge in [0.2, 0.25) is 5.91 Å². The Hall–Kier alpha value is -2.05. The molecule has 22 heavy (non-hydrogen) atoms. The lowest BCUT2D eigenvalue weighted by Crippen LogP contribution is -2.14. The normalized spacial score (nSPS) is 10.3. The molecule has 2 aromatic carbocycles. The number of amides is 1. The Labute approximate surface area is 136 Å². The molecule has 2 aromatic rings. The molecular formula is C15H13ClN2O3S. The molecule has 0 atom stereocenters. The summed E-state index contributed by atoms with van der Waals surface area (Å²) in [5.41, 5.74) is 1.62. The lowest BCUT2D eigenvalue weighted by molar-refractivity contribution is -0.384. The van der Waals surface area contributed by atoms with E-state index in [0.717, 1.165) is 10.5 Å². The number of nitrogens with zero attached hydrogens (tertiary/aromatic N) is 1. The standard InChI is InChI=1S/C15H13ClN2O3S/c1-10-2-7-14(13(16)8-10)17-15(19)9-22-12-5-3-11(4-6-12)18(20)21/h2-8H,9H2,1H3,(H,17,19). The molecule has 0 spiro atoms. The van der Waals surface area contributed by atoms with Crippen molar-refractivity contribution in [2.24, 2.45) is 0 Å². The van der Waals surface area contributed by atoms with Crippen LogP contribution in [-0.4, -0.2) is 16.6 Å². The lowest BCUT2D eigenvalue weighted by Gasteiger charge is -2.07. The van der Waals surface area contributed by atoms with Gasteiger partial charge >= 0.3 is 0 Å². The summed E-state index contributed by atoms with van der Waals surface area (Å²) >= 11 is 7.35. The number of carbonyl (C=O) groups is 1. The van der Waals surface area contributed by atoms with Gasteiger partial charge in [-0.1, -0.05) is 17.7 Å². The third-order valence-corrected chi connectivity index (χ3v) is 4.14. The Kier molecular flexibility index (Phi) is 5.41. The summed E-state index contributed by atoms with van der Waals surface area (Å²) in [6, 6.07) is 11.5. The summed E-state index contributed by atoms with van der Waals surface area (Å²) in [7, 11) is 0. The molecule has 7 heteroatoms. The first-order valence-corrected chi connectivity index (χ1v) is 7.75. The molecule has 0 radical (unpaired) electrons. The van der Waals surface area contributed by atoms with Crippen molar-refractivity contribution in [3.8, 4) is 0 Å². The predicted molar refractivity (Wildman–Crippen MR) is 88.6 cm³/mol. The van der Waals surface area contributed by atoms with Crippen molar-refractivity contribution < 1.29 is 9.72 Å². The summed E-state index contributed by atoms with van der Waals surface area (Å²) in [6.07, 6.45) is 0. The second-order valence-corrected chi connectivity index (χ2v) is 6.03. The molecule has 0 bridgehead atoms. The van der Waals surface area contributed by atoms with Gasteiger partial charge in [0, 0.05) is 17.0 Å². The van der Waals surface area contributed by atoms with Crippen molar-refractivity contribution in [3.63, 3.8) is 0 Å². The molecule has 5 nitrogen and oxygen atoms in total. The van der Waals surface area contributed by atoms with Crippen LogP contribution >= 0.6 is 23.4 Å². The molecule has 0 heterocycles. The Bertz CT molecular complexity index is 704. The minimum Gasteiger partial charge on any atom is -0.324 e. The first-order chi connectivity index (χ1) is 10.5. The van der Waals surface area contributed by atoms with Crippen molar-refractivity contribution in [2.75, 3.05) is 11.1 Å². The maximum Gasteiger partial charge on any atom is 0.269 e. The summed E-state index contributed by atoms with van der Waals surface area (Å²) in [4.78, 5) is 22.8. The second-order valence-electron chi connectivity index (χ2n) is 4.57. The van der Waals surface area contributed by atoms with Gasteiger partial charge < -0.3 is 5.32 Å². The highest BCUT2D eigenvalue weighted by Gasteiger charge is 2.08. The zero-order chi connectivity index (χ0) is 16.1. The SMILES string of the molecule is Cc1ccc(NC(=O)CSc2ccc([N+](=O)[O-])cc2)c(Cl)c1. The maximum absolute atomic E-state index is 11.9. The fourth-order valence-electron chi connectivity index (χ4n) is 1.72. The van der Waals surface area contributed by atoms with Crippen LogP contribution in [0.5, 0.6) is 0 Å². The molecule has 1 amide bonds. The molecule has 0 saturated heterocycles.